The van der Waals surface area contributed by atoms with Crippen LogP contribution in [0.2, 0.25) is 0 Å². The highest BCUT2D eigenvalue weighted by Crippen LogP contribution is 2.33. The number of hydrogen-bond donors (Lipinski definition) is 1. The third-order valence-corrected chi connectivity index (χ3v) is 4.62. The maximum absolute atomic E-state index is 12.2. The number of rotatable bonds is 5. The number of carbonyl (C=O) groups is 1. The van der Waals surface area contributed by atoms with E-state index in [1.54, 1.807) is 11.6 Å². The Morgan fingerprint density at radius 3 is 2.73 bits per heavy atom. The number of carbonyl (C=O) groups excluding carboxylic acids is 1. The van der Waals surface area contributed by atoms with Gasteiger partial charge in [-0.25, -0.2) is 0 Å². The van der Waals surface area contributed by atoms with Crippen molar-refractivity contribution in [1.82, 2.24) is 20.1 Å². The molecule has 0 aliphatic heterocycles. The Kier molecular flexibility index (Phi) is 4.11. The summed E-state index contributed by atoms with van der Waals surface area (Å²) in [4.78, 5) is 16.8. The van der Waals surface area contributed by atoms with Crippen LogP contribution in [0.1, 0.15) is 25.5 Å². The Labute approximate surface area is 152 Å². The second-order valence-electron chi connectivity index (χ2n) is 6.82. The Morgan fingerprint density at radius 2 is 2.04 bits per heavy atom. The molecule has 1 unspecified atom stereocenters. The topological polar surface area (TPSA) is 69.0 Å². The van der Waals surface area contributed by atoms with E-state index in [2.05, 4.69) is 15.4 Å². The molecule has 6 heteroatoms. The zero-order valence-corrected chi connectivity index (χ0v) is 15.2. The molecule has 2 heterocycles. The minimum atomic E-state index is -0.599. The third-order valence-electron chi connectivity index (χ3n) is 4.62. The Balaban J connectivity index is 1.73. The van der Waals surface area contributed by atoms with Crippen LogP contribution in [0.5, 0.6) is 5.88 Å². The molecule has 0 radical (unpaired) electrons. The fraction of sp³-hybridized carbons (Fsp3) is 0.350. The van der Waals surface area contributed by atoms with E-state index in [9.17, 15) is 4.79 Å². The first kappa shape index (κ1) is 16.6. The SMILES string of the molecule is Cc1nn(C)c2nc(OC(C)C(=O)NC3CC3)cc(-c3ccccc3)c12. The second kappa shape index (κ2) is 6.44. The number of hydrogen-bond acceptors (Lipinski definition) is 4. The van der Waals surface area contributed by atoms with Gasteiger partial charge in [-0.3, -0.25) is 9.48 Å². The first-order valence-electron chi connectivity index (χ1n) is 8.89. The second-order valence-corrected chi connectivity index (χ2v) is 6.82. The average Bonchev–Trinajstić information content (AvgIpc) is 3.40. The minimum Gasteiger partial charge on any atom is -0.464 e. The van der Waals surface area contributed by atoms with Crippen molar-refractivity contribution < 1.29 is 9.53 Å². The minimum absolute atomic E-state index is 0.100. The Hall–Kier alpha value is -2.89. The molecule has 0 saturated heterocycles. The van der Waals surface area contributed by atoms with Crippen LogP contribution in [0.4, 0.5) is 0 Å². The highest BCUT2D eigenvalue weighted by Gasteiger charge is 2.27. The van der Waals surface area contributed by atoms with Crippen LogP contribution in [0.15, 0.2) is 36.4 Å². The Bertz CT molecular complexity index is 961. The van der Waals surface area contributed by atoms with Crippen molar-refractivity contribution in [2.75, 3.05) is 0 Å². The van der Waals surface area contributed by atoms with Crippen molar-refractivity contribution in [3.8, 4) is 17.0 Å². The van der Waals surface area contributed by atoms with Crippen molar-refractivity contribution in [2.24, 2.45) is 7.05 Å². The molecule has 3 aromatic rings. The molecule has 1 aliphatic rings. The van der Waals surface area contributed by atoms with E-state index >= 15 is 0 Å². The number of nitrogens with one attached hydrogen (secondary N) is 1. The van der Waals surface area contributed by atoms with Crippen LogP contribution in [0.3, 0.4) is 0 Å². The number of aromatic nitrogens is 3. The Morgan fingerprint density at radius 1 is 1.31 bits per heavy atom. The van der Waals surface area contributed by atoms with Gasteiger partial charge in [-0.05, 0) is 37.8 Å². The van der Waals surface area contributed by atoms with Crippen LogP contribution in [-0.2, 0) is 11.8 Å². The number of nitrogens with zero attached hydrogens (tertiary/aromatic N) is 3. The summed E-state index contributed by atoms with van der Waals surface area (Å²) < 4.78 is 7.62. The zero-order valence-electron chi connectivity index (χ0n) is 15.2. The summed E-state index contributed by atoms with van der Waals surface area (Å²) in [6, 6.07) is 12.3. The van der Waals surface area contributed by atoms with E-state index in [1.165, 1.54) is 0 Å². The summed E-state index contributed by atoms with van der Waals surface area (Å²) in [6.07, 6.45) is 1.50. The summed E-state index contributed by atoms with van der Waals surface area (Å²) in [7, 11) is 1.87. The molecular formula is C20H22N4O2. The van der Waals surface area contributed by atoms with Gasteiger partial charge in [0.05, 0.1) is 11.1 Å². The van der Waals surface area contributed by atoms with E-state index in [0.29, 0.717) is 11.9 Å². The summed E-state index contributed by atoms with van der Waals surface area (Å²) in [5.74, 6) is 0.328. The number of benzene rings is 1. The van der Waals surface area contributed by atoms with Gasteiger partial charge in [-0.2, -0.15) is 10.1 Å². The van der Waals surface area contributed by atoms with Gasteiger partial charge in [0.2, 0.25) is 5.88 Å². The van der Waals surface area contributed by atoms with Crippen molar-refractivity contribution >= 4 is 16.9 Å². The molecule has 1 atom stereocenters. The molecular weight excluding hydrogens is 328 g/mol. The molecule has 1 amide bonds. The van der Waals surface area contributed by atoms with Gasteiger partial charge >= 0.3 is 0 Å². The first-order valence-corrected chi connectivity index (χ1v) is 8.89. The monoisotopic (exact) mass is 350 g/mol. The molecule has 2 aromatic heterocycles. The van der Waals surface area contributed by atoms with Crippen LogP contribution in [-0.4, -0.2) is 32.8 Å². The molecule has 134 valence electrons. The summed E-state index contributed by atoms with van der Waals surface area (Å²) >= 11 is 0. The molecule has 1 aromatic carbocycles. The first-order chi connectivity index (χ1) is 12.5. The molecule has 26 heavy (non-hydrogen) atoms. The van der Waals surface area contributed by atoms with Gasteiger partial charge in [0.25, 0.3) is 5.91 Å². The molecule has 4 rings (SSSR count). The van der Waals surface area contributed by atoms with E-state index < -0.39 is 6.10 Å². The fourth-order valence-electron chi connectivity index (χ4n) is 3.11. The molecule has 1 aliphatic carbocycles. The van der Waals surface area contributed by atoms with Gasteiger partial charge in [0.15, 0.2) is 11.8 Å². The normalized spacial score (nSPS) is 15.0. The molecule has 1 fully saturated rings. The van der Waals surface area contributed by atoms with E-state index in [1.807, 2.05) is 50.4 Å². The van der Waals surface area contributed by atoms with Gasteiger partial charge in [-0.15, -0.1) is 0 Å². The predicted molar refractivity (Wildman–Crippen MR) is 99.9 cm³/mol. The van der Waals surface area contributed by atoms with Crippen LogP contribution in [0, 0.1) is 6.92 Å². The summed E-state index contributed by atoms with van der Waals surface area (Å²) in [5.41, 5.74) is 3.73. The quantitative estimate of drug-likeness (QED) is 0.768. The lowest BCUT2D eigenvalue weighted by molar-refractivity contribution is -0.127. The lowest BCUT2D eigenvalue weighted by Gasteiger charge is -2.15. The zero-order chi connectivity index (χ0) is 18.3. The van der Waals surface area contributed by atoms with Crippen molar-refractivity contribution in [3.05, 3.63) is 42.1 Å². The number of fused-ring (bicyclic) bond motifs is 1. The van der Waals surface area contributed by atoms with E-state index in [0.717, 1.165) is 40.7 Å². The lowest BCUT2D eigenvalue weighted by atomic mass is 10.0. The largest absolute Gasteiger partial charge is 0.464 e. The smallest absolute Gasteiger partial charge is 0.261 e. The highest BCUT2D eigenvalue weighted by molar-refractivity contribution is 5.95. The average molecular weight is 350 g/mol. The van der Waals surface area contributed by atoms with Crippen molar-refractivity contribution in [1.29, 1.82) is 0 Å². The molecule has 1 N–H and O–H groups in total. The molecule has 0 bridgehead atoms. The molecule has 0 spiro atoms. The maximum Gasteiger partial charge on any atom is 0.261 e. The van der Waals surface area contributed by atoms with Gasteiger partial charge in [-0.1, -0.05) is 30.3 Å². The van der Waals surface area contributed by atoms with Crippen LogP contribution >= 0.6 is 0 Å². The number of pyridine rings is 1. The van der Waals surface area contributed by atoms with Gasteiger partial charge < -0.3 is 10.1 Å². The summed E-state index contributed by atoms with van der Waals surface area (Å²) in [5, 5.41) is 8.46. The third kappa shape index (κ3) is 3.14. The van der Waals surface area contributed by atoms with Crippen molar-refractivity contribution in [2.45, 2.75) is 38.8 Å². The van der Waals surface area contributed by atoms with E-state index in [4.69, 9.17) is 4.74 Å². The van der Waals surface area contributed by atoms with Gasteiger partial charge in [0, 0.05) is 19.2 Å². The van der Waals surface area contributed by atoms with Gasteiger partial charge in [0.1, 0.15) is 0 Å². The fourth-order valence-corrected chi connectivity index (χ4v) is 3.11. The molecule has 6 nitrogen and oxygen atoms in total. The number of ether oxygens (including phenoxy) is 1. The standard InChI is InChI=1S/C20H22N4O2/c1-12-18-16(14-7-5-4-6-8-14)11-17(22-19(18)24(3)23-12)26-13(2)20(25)21-15-9-10-15/h4-8,11,13,15H,9-10H2,1-3H3,(H,21,25). The highest BCUT2D eigenvalue weighted by atomic mass is 16.5. The van der Waals surface area contributed by atoms with Crippen molar-refractivity contribution in [3.63, 3.8) is 0 Å². The molecule has 1 saturated carbocycles. The van der Waals surface area contributed by atoms with E-state index in [-0.39, 0.29) is 5.91 Å². The lowest BCUT2D eigenvalue weighted by Crippen LogP contribution is -2.37. The van der Waals surface area contributed by atoms with Crippen LogP contribution < -0.4 is 10.1 Å². The maximum atomic E-state index is 12.2. The number of amides is 1. The number of aryl methyl sites for hydroxylation is 2. The summed E-state index contributed by atoms with van der Waals surface area (Å²) in [6.45, 7) is 3.73. The van der Waals surface area contributed by atoms with Crippen LogP contribution in [0.25, 0.3) is 22.2 Å². The predicted octanol–water partition coefficient (Wildman–Crippen LogP) is 2.99.